The van der Waals surface area contributed by atoms with Gasteiger partial charge in [0.2, 0.25) is 0 Å². The minimum Gasteiger partial charge on any atom is -0.371 e. The number of benzene rings is 1. The largest absolute Gasteiger partial charge is 0.371 e. The Morgan fingerprint density at radius 2 is 2.00 bits per heavy atom. The summed E-state index contributed by atoms with van der Waals surface area (Å²) in [5.74, 6) is 1.59. The summed E-state index contributed by atoms with van der Waals surface area (Å²) in [5.41, 5.74) is 1.10. The Morgan fingerprint density at radius 3 is 2.70 bits per heavy atom. The number of nitrogens with zero attached hydrogens (tertiary/aromatic N) is 1. The van der Waals surface area contributed by atoms with Gasteiger partial charge >= 0.3 is 0 Å². The van der Waals surface area contributed by atoms with E-state index in [1.807, 2.05) is 6.07 Å². The zero-order valence-electron chi connectivity index (χ0n) is 11.4. The van der Waals surface area contributed by atoms with Crippen LogP contribution in [0.25, 0.3) is 0 Å². The van der Waals surface area contributed by atoms with Gasteiger partial charge in [-0.25, -0.2) is 9.37 Å². The maximum atomic E-state index is 12.8. The predicted molar refractivity (Wildman–Crippen MR) is 82.0 cm³/mol. The third kappa shape index (κ3) is 4.42. The van der Waals surface area contributed by atoms with E-state index in [1.54, 1.807) is 12.1 Å². The number of hydrogen-bond acceptors (Lipinski definition) is 3. The predicted octanol–water partition coefficient (Wildman–Crippen LogP) is 3.89. The van der Waals surface area contributed by atoms with Gasteiger partial charge in [0.05, 0.1) is 0 Å². The molecule has 1 heterocycles. The number of aryl methyl sites for hydroxylation is 1. The normalized spacial score (nSPS) is 10.5. The number of halogens is 1. The van der Waals surface area contributed by atoms with Gasteiger partial charge in [0.15, 0.2) is 0 Å². The third-order valence-electron chi connectivity index (χ3n) is 2.92. The Labute approximate surface area is 123 Å². The molecule has 1 aromatic carbocycles. The lowest BCUT2D eigenvalue weighted by atomic mass is 10.1. The molecule has 0 atom stereocenters. The van der Waals surface area contributed by atoms with Gasteiger partial charge in [-0.3, -0.25) is 0 Å². The average molecular weight is 291 g/mol. The molecule has 0 bridgehead atoms. The molecular weight excluding hydrogens is 273 g/mol. The molecular formula is C15H18FN3S. The molecule has 0 amide bonds. The van der Waals surface area contributed by atoms with Crippen molar-refractivity contribution in [2.45, 2.75) is 26.2 Å². The first-order valence-corrected chi connectivity index (χ1v) is 7.17. The van der Waals surface area contributed by atoms with Crippen molar-refractivity contribution in [3.63, 3.8) is 0 Å². The number of rotatable bonds is 6. The Bertz CT molecular complexity index is 607. The summed E-state index contributed by atoms with van der Waals surface area (Å²) in [4.78, 5) is 7.51. The number of nitrogens with one attached hydrogen (secondary N) is 2. The summed E-state index contributed by atoms with van der Waals surface area (Å²) in [6.45, 7) is 2.86. The van der Waals surface area contributed by atoms with E-state index >= 15 is 0 Å². The monoisotopic (exact) mass is 291 g/mol. The minimum atomic E-state index is -0.205. The van der Waals surface area contributed by atoms with Gasteiger partial charge in [-0.15, -0.1) is 0 Å². The van der Waals surface area contributed by atoms with Crippen molar-refractivity contribution in [2.75, 3.05) is 11.9 Å². The topological polar surface area (TPSA) is 40.7 Å². The van der Waals surface area contributed by atoms with Gasteiger partial charge in [0.1, 0.15) is 22.1 Å². The second kappa shape index (κ2) is 7.14. The van der Waals surface area contributed by atoms with E-state index < -0.39 is 0 Å². The molecule has 2 rings (SSSR count). The van der Waals surface area contributed by atoms with Gasteiger partial charge in [-0.1, -0.05) is 31.3 Å². The molecule has 0 saturated carbocycles. The summed E-state index contributed by atoms with van der Waals surface area (Å²) in [6.07, 6.45) is 2.74. The van der Waals surface area contributed by atoms with Crippen LogP contribution in [-0.2, 0) is 12.8 Å². The van der Waals surface area contributed by atoms with Crippen LogP contribution < -0.4 is 5.32 Å². The van der Waals surface area contributed by atoms with Crippen LogP contribution in [-0.4, -0.2) is 16.5 Å². The molecule has 0 spiro atoms. The maximum absolute atomic E-state index is 12.8. The maximum Gasteiger partial charge on any atom is 0.131 e. The van der Waals surface area contributed by atoms with E-state index in [9.17, 15) is 4.39 Å². The molecule has 0 fully saturated rings. The van der Waals surface area contributed by atoms with Crippen molar-refractivity contribution < 1.29 is 4.39 Å². The number of aromatic nitrogens is 2. The number of hydrogen-bond donors (Lipinski definition) is 2. The zero-order chi connectivity index (χ0) is 14.4. The molecule has 0 aliphatic heterocycles. The zero-order valence-corrected chi connectivity index (χ0v) is 12.3. The summed E-state index contributed by atoms with van der Waals surface area (Å²) < 4.78 is 13.4. The Balaban J connectivity index is 1.93. The van der Waals surface area contributed by atoms with Gasteiger partial charge in [0, 0.05) is 19.0 Å². The lowest BCUT2D eigenvalue weighted by molar-refractivity contribution is 0.627. The smallest absolute Gasteiger partial charge is 0.131 e. The fourth-order valence-corrected chi connectivity index (χ4v) is 2.18. The molecule has 0 aliphatic rings. The van der Waals surface area contributed by atoms with Crippen molar-refractivity contribution >= 4 is 18.0 Å². The summed E-state index contributed by atoms with van der Waals surface area (Å²) in [5, 5.41) is 3.29. The van der Waals surface area contributed by atoms with Crippen LogP contribution in [0, 0.1) is 10.5 Å². The molecule has 2 aromatic rings. The van der Waals surface area contributed by atoms with Gasteiger partial charge in [-0.2, -0.15) is 0 Å². The van der Waals surface area contributed by atoms with E-state index in [-0.39, 0.29) is 5.82 Å². The van der Waals surface area contributed by atoms with E-state index in [4.69, 9.17) is 12.2 Å². The molecule has 2 N–H and O–H groups in total. The van der Waals surface area contributed by atoms with Crippen LogP contribution in [0.2, 0.25) is 0 Å². The van der Waals surface area contributed by atoms with Crippen LogP contribution in [0.1, 0.15) is 24.7 Å². The second-order valence-electron chi connectivity index (χ2n) is 4.63. The van der Waals surface area contributed by atoms with Crippen LogP contribution in [0.4, 0.5) is 10.2 Å². The highest BCUT2D eigenvalue weighted by Crippen LogP contribution is 2.07. The van der Waals surface area contributed by atoms with Crippen molar-refractivity contribution in [3.05, 3.63) is 52.2 Å². The first kappa shape index (κ1) is 14.7. The summed E-state index contributed by atoms with van der Waals surface area (Å²) >= 11 is 5.15. The summed E-state index contributed by atoms with van der Waals surface area (Å²) in [7, 11) is 0. The first-order chi connectivity index (χ1) is 9.67. The van der Waals surface area contributed by atoms with E-state index in [0.29, 0.717) is 4.64 Å². The van der Waals surface area contributed by atoms with Crippen molar-refractivity contribution in [3.8, 4) is 0 Å². The average Bonchev–Trinajstić information content (AvgIpc) is 2.41. The van der Waals surface area contributed by atoms with Crippen molar-refractivity contribution in [1.29, 1.82) is 0 Å². The van der Waals surface area contributed by atoms with E-state index in [0.717, 1.165) is 43.0 Å². The highest BCUT2D eigenvalue weighted by molar-refractivity contribution is 7.71. The molecule has 0 radical (unpaired) electrons. The molecule has 0 saturated heterocycles. The second-order valence-corrected chi connectivity index (χ2v) is 5.05. The number of aromatic amines is 1. The van der Waals surface area contributed by atoms with E-state index in [1.165, 1.54) is 12.1 Å². The number of anilines is 1. The standard InChI is InChI=1S/C15H18FN3S/c1-2-3-13-18-14(10-15(20)19-13)17-9-8-11-4-6-12(16)7-5-11/h4-7,10H,2-3,8-9H2,1H3,(H2,17,18,19,20). The Kier molecular flexibility index (Phi) is 5.24. The van der Waals surface area contributed by atoms with Crippen LogP contribution in [0.5, 0.6) is 0 Å². The quantitative estimate of drug-likeness (QED) is 0.793. The third-order valence-corrected chi connectivity index (χ3v) is 3.13. The Morgan fingerprint density at radius 1 is 1.25 bits per heavy atom. The number of H-pyrrole nitrogens is 1. The van der Waals surface area contributed by atoms with Gasteiger partial charge in [-0.05, 0) is 30.5 Å². The van der Waals surface area contributed by atoms with Gasteiger partial charge in [0.25, 0.3) is 0 Å². The molecule has 0 unspecified atom stereocenters. The molecule has 106 valence electrons. The Hall–Kier alpha value is -1.75. The molecule has 20 heavy (non-hydrogen) atoms. The fourth-order valence-electron chi connectivity index (χ4n) is 1.95. The lowest BCUT2D eigenvalue weighted by Gasteiger charge is -2.08. The highest BCUT2D eigenvalue weighted by atomic mass is 32.1. The highest BCUT2D eigenvalue weighted by Gasteiger charge is 1.99. The molecule has 1 aromatic heterocycles. The first-order valence-electron chi connectivity index (χ1n) is 6.76. The molecule has 3 nitrogen and oxygen atoms in total. The van der Waals surface area contributed by atoms with Crippen molar-refractivity contribution in [1.82, 2.24) is 9.97 Å². The molecule has 5 heteroatoms. The van der Waals surface area contributed by atoms with Crippen LogP contribution in [0.15, 0.2) is 30.3 Å². The van der Waals surface area contributed by atoms with Crippen molar-refractivity contribution in [2.24, 2.45) is 0 Å². The SMILES string of the molecule is CCCc1nc(=S)cc(NCCc2ccc(F)cc2)[nH]1. The van der Waals surface area contributed by atoms with E-state index in [2.05, 4.69) is 22.2 Å². The fraction of sp³-hybridized carbons (Fsp3) is 0.333. The van der Waals surface area contributed by atoms with Crippen LogP contribution >= 0.6 is 12.2 Å². The van der Waals surface area contributed by atoms with Gasteiger partial charge < -0.3 is 10.3 Å². The molecule has 0 aliphatic carbocycles. The lowest BCUT2D eigenvalue weighted by Crippen LogP contribution is -2.08. The van der Waals surface area contributed by atoms with Crippen LogP contribution in [0.3, 0.4) is 0 Å². The summed E-state index contributed by atoms with van der Waals surface area (Å²) in [6, 6.07) is 8.38. The minimum absolute atomic E-state index is 0.205.